The van der Waals surface area contributed by atoms with Crippen molar-refractivity contribution in [3.63, 3.8) is 0 Å². The van der Waals surface area contributed by atoms with Gasteiger partial charge in [0, 0.05) is 11.9 Å². The lowest BCUT2D eigenvalue weighted by molar-refractivity contribution is 0.720. The summed E-state index contributed by atoms with van der Waals surface area (Å²) < 4.78 is 1.95. The van der Waals surface area contributed by atoms with Crippen LogP contribution in [0.4, 0.5) is 0 Å². The van der Waals surface area contributed by atoms with Crippen molar-refractivity contribution in [2.75, 3.05) is 13.1 Å². The van der Waals surface area contributed by atoms with E-state index in [-0.39, 0.29) is 0 Å². The zero-order valence-corrected chi connectivity index (χ0v) is 11.0. The third-order valence-electron chi connectivity index (χ3n) is 3.18. The minimum absolute atomic E-state index is 0.667. The zero-order chi connectivity index (χ0) is 12.5. The fourth-order valence-corrected chi connectivity index (χ4v) is 2.60. The molecule has 0 atom stereocenters. The standard InChI is InChI=1S/C13H15ClN4/c1-2-11-9-4-3-5-10(14)13(9)18(17-11)8-12-15-6-7-16-12/h3-5H,2,6-8H2,1H3,(H,15,16). The molecule has 5 heteroatoms. The first-order chi connectivity index (χ1) is 8.79. The first kappa shape index (κ1) is 11.5. The van der Waals surface area contributed by atoms with Gasteiger partial charge in [0.1, 0.15) is 5.84 Å². The van der Waals surface area contributed by atoms with Gasteiger partial charge in [0.05, 0.1) is 29.3 Å². The molecule has 3 rings (SSSR count). The molecule has 1 aliphatic rings. The molecular weight excluding hydrogens is 248 g/mol. The maximum atomic E-state index is 6.30. The summed E-state index contributed by atoms with van der Waals surface area (Å²) >= 11 is 6.30. The molecule has 94 valence electrons. The van der Waals surface area contributed by atoms with Crippen molar-refractivity contribution in [2.45, 2.75) is 19.9 Å². The van der Waals surface area contributed by atoms with Crippen molar-refractivity contribution in [2.24, 2.45) is 4.99 Å². The zero-order valence-electron chi connectivity index (χ0n) is 10.3. The van der Waals surface area contributed by atoms with Crippen LogP contribution in [-0.4, -0.2) is 28.7 Å². The number of aromatic nitrogens is 2. The van der Waals surface area contributed by atoms with Gasteiger partial charge in [0.15, 0.2) is 0 Å². The average Bonchev–Trinajstić information content (AvgIpc) is 2.98. The molecule has 0 saturated carbocycles. The number of para-hydroxylation sites is 1. The number of halogens is 1. The number of nitrogens with one attached hydrogen (secondary N) is 1. The molecule has 1 aromatic heterocycles. The van der Waals surface area contributed by atoms with Gasteiger partial charge in [-0.3, -0.25) is 9.67 Å². The largest absolute Gasteiger partial charge is 0.370 e. The van der Waals surface area contributed by atoms with Crippen molar-refractivity contribution in [1.29, 1.82) is 0 Å². The van der Waals surface area contributed by atoms with Gasteiger partial charge in [-0.15, -0.1) is 0 Å². The maximum Gasteiger partial charge on any atom is 0.118 e. The second kappa shape index (κ2) is 4.61. The number of rotatable bonds is 3. The lowest BCUT2D eigenvalue weighted by Crippen LogP contribution is -2.24. The fourth-order valence-electron chi connectivity index (χ4n) is 2.33. The summed E-state index contributed by atoms with van der Waals surface area (Å²) in [6.45, 7) is 4.55. The van der Waals surface area contributed by atoms with Crippen LogP contribution >= 0.6 is 11.6 Å². The van der Waals surface area contributed by atoms with E-state index in [1.807, 2.05) is 16.8 Å². The minimum Gasteiger partial charge on any atom is -0.370 e. The molecule has 1 aromatic carbocycles. The van der Waals surface area contributed by atoms with E-state index in [0.717, 1.165) is 47.0 Å². The Morgan fingerprint density at radius 3 is 3.06 bits per heavy atom. The Kier molecular flexibility index (Phi) is 2.96. The highest BCUT2D eigenvalue weighted by Gasteiger charge is 2.14. The molecule has 0 spiro atoms. The van der Waals surface area contributed by atoms with Crippen LogP contribution in [0.1, 0.15) is 12.6 Å². The van der Waals surface area contributed by atoms with Crippen LogP contribution in [0.25, 0.3) is 10.9 Å². The quantitative estimate of drug-likeness (QED) is 0.922. The number of nitrogens with zero attached hydrogens (tertiary/aromatic N) is 3. The van der Waals surface area contributed by atoms with E-state index >= 15 is 0 Å². The molecular formula is C13H15ClN4. The lowest BCUT2D eigenvalue weighted by Gasteiger charge is -2.05. The number of aryl methyl sites for hydroxylation is 1. The molecule has 0 aliphatic carbocycles. The van der Waals surface area contributed by atoms with E-state index < -0.39 is 0 Å². The molecule has 18 heavy (non-hydrogen) atoms. The van der Waals surface area contributed by atoms with Crippen LogP contribution in [0.5, 0.6) is 0 Å². The lowest BCUT2D eigenvalue weighted by atomic mass is 10.2. The fraction of sp³-hybridized carbons (Fsp3) is 0.385. The highest BCUT2D eigenvalue weighted by atomic mass is 35.5. The summed E-state index contributed by atoms with van der Waals surface area (Å²) in [5, 5.41) is 9.80. The molecule has 2 aromatic rings. The molecule has 0 saturated heterocycles. The number of aliphatic imine (C=N–C) groups is 1. The molecule has 1 aliphatic heterocycles. The van der Waals surface area contributed by atoms with Gasteiger partial charge in [0.2, 0.25) is 0 Å². The van der Waals surface area contributed by atoms with Crippen LogP contribution in [0.15, 0.2) is 23.2 Å². The SMILES string of the molecule is CCc1nn(CC2=NCCN2)c2c(Cl)cccc12. The normalized spacial score (nSPS) is 14.9. The summed E-state index contributed by atoms with van der Waals surface area (Å²) in [5.74, 6) is 0.988. The molecule has 0 unspecified atom stereocenters. The minimum atomic E-state index is 0.667. The van der Waals surface area contributed by atoms with Crippen LogP contribution in [-0.2, 0) is 13.0 Å². The smallest absolute Gasteiger partial charge is 0.118 e. The third kappa shape index (κ3) is 1.86. The van der Waals surface area contributed by atoms with E-state index in [4.69, 9.17) is 11.6 Å². The van der Waals surface area contributed by atoms with Crippen molar-refractivity contribution < 1.29 is 0 Å². The predicted molar refractivity (Wildman–Crippen MR) is 74.4 cm³/mol. The van der Waals surface area contributed by atoms with Gasteiger partial charge in [-0.2, -0.15) is 5.10 Å². The second-order valence-corrected chi connectivity index (χ2v) is 4.76. The van der Waals surface area contributed by atoms with E-state index in [0.29, 0.717) is 6.54 Å². The number of hydrogen-bond acceptors (Lipinski definition) is 3. The molecule has 0 radical (unpaired) electrons. The van der Waals surface area contributed by atoms with Gasteiger partial charge >= 0.3 is 0 Å². The summed E-state index contributed by atoms with van der Waals surface area (Å²) in [7, 11) is 0. The van der Waals surface area contributed by atoms with Gasteiger partial charge in [-0.25, -0.2) is 0 Å². The molecule has 1 N–H and O–H groups in total. The van der Waals surface area contributed by atoms with Gasteiger partial charge in [-0.05, 0) is 12.5 Å². The Balaban J connectivity index is 2.10. The first-order valence-corrected chi connectivity index (χ1v) is 6.58. The van der Waals surface area contributed by atoms with Crippen molar-refractivity contribution in [3.05, 3.63) is 28.9 Å². The number of fused-ring (bicyclic) bond motifs is 1. The highest BCUT2D eigenvalue weighted by molar-refractivity contribution is 6.35. The topological polar surface area (TPSA) is 42.2 Å². The van der Waals surface area contributed by atoms with E-state index in [2.05, 4.69) is 28.4 Å². The maximum absolute atomic E-state index is 6.30. The van der Waals surface area contributed by atoms with Crippen molar-refractivity contribution in [1.82, 2.24) is 15.1 Å². The summed E-state index contributed by atoms with van der Waals surface area (Å²) in [6.07, 6.45) is 0.906. The van der Waals surface area contributed by atoms with Crippen LogP contribution in [0.3, 0.4) is 0 Å². The molecule has 0 bridgehead atoms. The monoisotopic (exact) mass is 262 g/mol. The van der Waals surface area contributed by atoms with Gasteiger partial charge < -0.3 is 5.32 Å². The Bertz CT molecular complexity index is 615. The van der Waals surface area contributed by atoms with Gasteiger partial charge in [0.25, 0.3) is 0 Å². The Labute approximate surface area is 111 Å². The number of benzene rings is 1. The molecule has 2 heterocycles. The van der Waals surface area contributed by atoms with Crippen molar-refractivity contribution >= 4 is 28.3 Å². The average molecular weight is 263 g/mol. The molecule has 0 fully saturated rings. The third-order valence-corrected chi connectivity index (χ3v) is 3.48. The molecule has 4 nitrogen and oxygen atoms in total. The Morgan fingerprint density at radius 1 is 1.44 bits per heavy atom. The first-order valence-electron chi connectivity index (χ1n) is 6.20. The number of hydrogen-bond donors (Lipinski definition) is 1. The van der Waals surface area contributed by atoms with Crippen LogP contribution in [0, 0.1) is 0 Å². The predicted octanol–water partition coefficient (Wildman–Crippen LogP) is 2.25. The van der Waals surface area contributed by atoms with Gasteiger partial charge in [-0.1, -0.05) is 30.7 Å². The number of amidine groups is 1. The summed E-state index contributed by atoms with van der Waals surface area (Å²) in [5.41, 5.74) is 2.10. The van der Waals surface area contributed by atoms with E-state index in [1.165, 1.54) is 0 Å². The second-order valence-electron chi connectivity index (χ2n) is 4.35. The summed E-state index contributed by atoms with van der Waals surface area (Å²) in [6, 6.07) is 5.96. The Morgan fingerprint density at radius 2 is 2.33 bits per heavy atom. The van der Waals surface area contributed by atoms with Crippen LogP contribution < -0.4 is 5.32 Å². The van der Waals surface area contributed by atoms with Crippen molar-refractivity contribution in [3.8, 4) is 0 Å². The highest BCUT2D eigenvalue weighted by Crippen LogP contribution is 2.26. The Hall–Kier alpha value is -1.55. The molecule has 0 amide bonds. The van der Waals surface area contributed by atoms with E-state index in [1.54, 1.807) is 0 Å². The summed E-state index contributed by atoms with van der Waals surface area (Å²) in [4.78, 5) is 4.40. The van der Waals surface area contributed by atoms with E-state index in [9.17, 15) is 0 Å². The van der Waals surface area contributed by atoms with Crippen LogP contribution in [0.2, 0.25) is 5.02 Å².